The molecule has 0 saturated heterocycles. The third kappa shape index (κ3) is 3.68. The van der Waals surface area contributed by atoms with E-state index in [1.165, 1.54) is 11.3 Å². The number of hydrogen-bond donors (Lipinski definition) is 0. The quantitative estimate of drug-likeness (QED) is 0.808. The molecule has 0 spiro atoms. The zero-order chi connectivity index (χ0) is 15.7. The van der Waals surface area contributed by atoms with Crippen molar-refractivity contribution in [3.8, 4) is 11.5 Å². The molecule has 2 aromatic rings. The molecule has 1 aliphatic heterocycles. The molecule has 0 radical (unpaired) electrons. The SMILES string of the molecule is O=S(=O)(Cc1cc(Cl)c2c(c1)OCCO2)Cc1ccc(Cl)s1. The predicted molar refractivity (Wildman–Crippen MR) is 88.1 cm³/mol. The third-order valence-electron chi connectivity index (χ3n) is 3.03. The zero-order valence-corrected chi connectivity index (χ0v) is 14.5. The fourth-order valence-corrected chi connectivity index (χ4v) is 5.45. The molecular formula is C14H12Cl2O4S2. The number of hydrogen-bond acceptors (Lipinski definition) is 5. The lowest BCUT2D eigenvalue weighted by molar-refractivity contribution is 0.171. The van der Waals surface area contributed by atoms with Crippen LogP contribution in [0.4, 0.5) is 0 Å². The topological polar surface area (TPSA) is 52.6 Å². The van der Waals surface area contributed by atoms with E-state index < -0.39 is 9.84 Å². The second kappa shape index (κ2) is 6.28. The molecule has 0 bridgehead atoms. The molecule has 1 aliphatic rings. The molecule has 1 aromatic carbocycles. The molecule has 3 rings (SSSR count). The minimum absolute atomic E-state index is 0.0452. The van der Waals surface area contributed by atoms with Crippen LogP contribution < -0.4 is 9.47 Å². The van der Waals surface area contributed by atoms with E-state index in [1.54, 1.807) is 24.3 Å². The highest BCUT2D eigenvalue weighted by molar-refractivity contribution is 7.90. The largest absolute Gasteiger partial charge is 0.486 e. The summed E-state index contributed by atoms with van der Waals surface area (Å²) in [4.78, 5) is 0.716. The van der Waals surface area contributed by atoms with Crippen LogP contribution in [0.1, 0.15) is 10.4 Å². The van der Waals surface area contributed by atoms with Gasteiger partial charge in [-0.1, -0.05) is 23.2 Å². The van der Waals surface area contributed by atoms with Gasteiger partial charge in [-0.05, 0) is 29.8 Å². The average Bonchev–Trinajstić information content (AvgIpc) is 2.82. The monoisotopic (exact) mass is 378 g/mol. The van der Waals surface area contributed by atoms with Crippen LogP contribution in [0.25, 0.3) is 0 Å². The molecule has 0 atom stereocenters. The van der Waals surface area contributed by atoms with Crippen molar-refractivity contribution in [3.05, 3.63) is 44.1 Å². The summed E-state index contributed by atoms with van der Waals surface area (Å²) in [6.45, 7) is 0.858. The van der Waals surface area contributed by atoms with Crippen LogP contribution >= 0.6 is 34.5 Å². The van der Waals surface area contributed by atoms with Gasteiger partial charge in [0.15, 0.2) is 21.3 Å². The smallest absolute Gasteiger partial charge is 0.179 e. The van der Waals surface area contributed by atoms with E-state index >= 15 is 0 Å². The number of halogens is 2. The lowest BCUT2D eigenvalue weighted by Gasteiger charge is -2.20. The average molecular weight is 379 g/mol. The zero-order valence-electron chi connectivity index (χ0n) is 11.3. The number of rotatable bonds is 4. The number of fused-ring (bicyclic) bond motifs is 1. The minimum Gasteiger partial charge on any atom is -0.486 e. The van der Waals surface area contributed by atoms with Crippen molar-refractivity contribution in [1.82, 2.24) is 0 Å². The summed E-state index contributed by atoms with van der Waals surface area (Å²) < 4.78 is 36.1. The first-order valence-electron chi connectivity index (χ1n) is 6.45. The van der Waals surface area contributed by atoms with Crippen molar-refractivity contribution < 1.29 is 17.9 Å². The van der Waals surface area contributed by atoms with Gasteiger partial charge in [0.1, 0.15) is 13.2 Å². The first-order valence-corrected chi connectivity index (χ1v) is 9.85. The van der Waals surface area contributed by atoms with E-state index in [1.807, 2.05) is 0 Å². The van der Waals surface area contributed by atoms with E-state index in [-0.39, 0.29) is 11.5 Å². The van der Waals surface area contributed by atoms with Crippen molar-refractivity contribution >= 4 is 44.4 Å². The van der Waals surface area contributed by atoms with Gasteiger partial charge in [-0.2, -0.15) is 0 Å². The maximum absolute atomic E-state index is 12.3. The first kappa shape index (κ1) is 15.9. The summed E-state index contributed by atoms with van der Waals surface area (Å²) in [6.07, 6.45) is 0. The molecule has 2 heterocycles. The van der Waals surface area contributed by atoms with Crippen molar-refractivity contribution in [2.24, 2.45) is 0 Å². The van der Waals surface area contributed by atoms with Crippen LogP contribution in [0.5, 0.6) is 11.5 Å². The van der Waals surface area contributed by atoms with E-state index in [2.05, 4.69) is 0 Å². The van der Waals surface area contributed by atoms with Gasteiger partial charge in [-0.3, -0.25) is 0 Å². The Kier molecular flexibility index (Phi) is 4.54. The van der Waals surface area contributed by atoms with Crippen LogP contribution in [-0.4, -0.2) is 21.6 Å². The highest BCUT2D eigenvalue weighted by Crippen LogP contribution is 2.39. The Balaban J connectivity index is 1.81. The van der Waals surface area contributed by atoms with Crippen LogP contribution in [0.2, 0.25) is 9.36 Å². The molecule has 22 heavy (non-hydrogen) atoms. The maximum Gasteiger partial charge on any atom is 0.179 e. The van der Waals surface area contributed by atoms with Gasteiger partial charge in [0, 0.05) is 4.88 Å². The van der Waals surface area contributed by atoms with Crippen LogP contribution in [0.3, 0.4) is 0 Å². The van der Waals surface area contributed by atoms with Crippen LogP contribution in [0.15, 0.2) is 24.3 Å². The Labute approximate surface area is 142 Å². The molecule has 0 N–H and O–H groups in total. The Morgan fingerprint density at radius 2 is 1.86 bits per heavy atom. The standard InChI is InChI=1S/C14H12Cl2O4S2/c15-11-5-9(6-12-14(11)20-4-3-19-12)7-22(17,18)8-10-1-2-13(16)21-10/h1-2,5-6H,3-4,7-8H2. The number of benzene rings is 1. The Hall–Kier alpha value is -0.950. The Morgan fingerprint density at radius 3 is 2.59 bits per heavy atom. The summed E-state index contributed by atoms with van der Waals surface area (Å²) in [6, 6.07) is 6.69. The van der Waals surface area contributed by atoms with Crippen molar-refractivity contribution in [2.45, 2.75) is 11.5 Å². The van der Waals surface area contributed by atoms with Crippen LogP contribution in [-0.2, 0) is 21.3 Å². The van der Waals surface area contributed by atoms with Gasteiger partial charge in [0.25, 0.3) is 0 Å². The fourth-order valence-electron chi connectivity index (χ4n) is 2.20. The van der Waals surface area contributed by atoms with E-state index in [0.29, 0.717) is 44.5 Å². The van der Waals surface area contributed by atoms with Crippen molar-refractivity contribution in [1.29, 1.82) is 0 Å². The first-order chi connectivity index (χ1) is 10.4. The highest BCUT2D eigenvalue weighted by Gasteiger charge is 2.20. The second-order valence-electron chi connectivity index (χ2n) is 4.84. The number of ether oxygens (including phenoxy) is 2. The van der Waals surface area contributed by atoms with Gasteiger partial charge in [-0.15, -0.1) is 11.3 Å². The van der Waals surface area contributed by atoms with Crippen molar-refractivity contribution in [3.63, 3.8) is 0 Å². The van der Waals surface area contributed by atoms with Crippen LogP contribution in [0, 0.1) is 0 Å². The lowest BCUT2D eigenvalue weighted by atomic mass is 10.2. The van der Waals surface area contributed by atoms with E-state index in [0.717, 1.165) is 0 Å². The highest BCUT2D eigenvalue weighted by atomic mass is 35.5. The molecular weight excluding hydrogens is 367 g/mol. The van der Waals surface area contributed by atoms with Gasteiger partial charge in [0.2, 0.25) is 0 Å². The molecule has 0 amide bonds. The summed E-state index contributed by atoms with van der Waals surface area (Å²) in [5.74, 6) is 0.803. The van der Waals surface area contributed by atoms with Gasteiger partial charge in [-0.25, -0.2) is 8.42 Å². The molecule has 0 fully saturated rings. The number of sulfone groups is 1. The van der Waals surface area contributed by atoms with E-state index in [4.69, 9.17) is 32.7 Å². The second-order valence-corrected chi connectivity index (χ2v) is 9.11. The Bertz CT molecular complexity index is 799. The molecule has 0 unspecified atom stereocenters. The van der Waals surface area contributed by atoms with Crippen molar-refractivity contribution in [2.75, 3.05) is 13.2 Å². The molecule has 4 nitrogen and oxygen atoms in total. The Morgan fingerprint density at radius 1 is 1.09 bits per heavy atom. The molecule has 8 heteroatoms. The minimum atomic E-state index is -3.32. The molecule has 118 valence electrons. The summed E-state index contributed by atoms with van der Waals surface area (Å²) in [7, 11) is -3.32. The normalized spacial score (nSPS) is 14.1. The van der Waals surface area contributed by atoms with Gasteiger partial charge < -0.3 is 9.47 Å². The fraction of sp³-hybridized carbons (Fsp3) is 0.286. The maximum atomic E-state index is 12.3. The number of thiophene rings is 1. The van der Waals surface area contributed by atoms with Gasteiger partial charge >= 0.3 is 0 Å². The summed E-state index contributed by atoms with van der Waals surface area (Å²) in [5, 5.41) is 0.363. The summed E-state index contributed by atoms with van der Waals surface area (Å²) >= 11 is 13.2. The summed E-state index contributed by atoms with van der Waals surface area (Å²) in [5.41, 5.74) is 0.580. The van der Waals surface area contributed by atoms with E-state index in [9.17, 15) is 8.42 Å². The molecule has 0 saturated carbocycles. The van der Waals surface area contributed by atoms with Gasteiger partial charge in [0.05, 0.1) is 20.9 Å². The third-order valence-corrected chi connectivity index (χ3v) is 6.25. The predicted octanol–water partition coefficient (Wildman–Crippen LogP) is 3.94. The molecule has 1 aromatic heterocycles. The molecule has 0 aliphatic carbocycles. The lowest BCUT2D eigenvalue weighted by Crippen LogP contribution is -2.16.